The minimum atomic E-state index is -4.19. The van der Waals surface area contributed by atoms with Gasteiger partial charge in [-0.1, -0.05) is 0 Å². The van der Waals surface area contributed by atoms with Gasteiger partial charge in [0.25, 0.3) is 0 Å². The second-order valence-electron chi connectivity index (χ2n) is 5.74. The van der Waals surface area contributed by atoms with Crippen LogP contribution in [-0.2, 0) is 14.2 Å². The standard InChI is InChI=1S/C6H14O.C5H9F3O.C4H10O.CHF3.H2/c1-5(2)7-6(3)4;1-4(2)9-3-5(6,7)8;1-4(2)5-3;2-1(3)4;/h5-6H,1-4H3;4H,3H2,1-2H3;4H,1-3H3;1H;1H. The molecule has 0 fully saturated rings. The zero-order chi connectivity index (χ0) is 21.2. The highest BCUT2D eigenvalue weighted by molar-refractivity contribution is 4.47. The molecule has 0 unspecified atom stereocenters. The highest BCUT2D eigenvalue weighted by atomic mass is 19.4. The van der Waals surface area contributed by atoms with Crippen molar-refractivity contribution in [2.75, 3.05) is 13.7 Å². The van der Waals surface area contributed by atoms with Crippen LogP contribution in [0, 0.1) is 0 Å². The van der Waals surface area contributed by atoms with Gasteiger partial charge < -0.3 is 14.2 Å². The molecule has 3 nitrogen and oxygen atoms in total. The first-order chi connectivity index (χ1) is 11.0. The Balaban J connectivity index is -0.0000000779. The van der Waals surface area contributed by atoms with E-state index < -0.39 is 19.5 Å². The van der Waals surface area contributed by atoms with E-state index >= 15 is 0 Å². The van der Waals surface area contributed by atoms with Gasteiger partial charge in [-0.05, 0) is 55.4 Å². The van der Waals surface area contributed by atoms with Crippen molar-refractivity contribution in [2.45, 2.75) is 92.7 Å². The summed E-state index contributed by atoms with van der Waals surface area (Å²) >= 11 is 0. The quantitative estimate of drug-likeness (QED) is 0.519. The highest BCUT2D eigenvalue weighted by Gasteiger charge is 2.27. The summed E-state index contributed by atoms with van der Waals surface area (Å²) in [6, 6.07) is 0. The number of halogens is 6. The third-order valence-electron chi connectivity index (χ3n) is 1.60. The fraction of sp³-hybridized carbons (Fsp3) is 1.00. The van der Waals surface area contributed by atoms with Crippen LogP contribution in [0.2, 0.25) is 0 Å². The minimum Gasteiger partial charge on any atom is -0.382 e. The van der Waals surface area contributed by atoms with Gasteiger partial charge in [0.1, 0.15) is 6.61 Å². The molecule has 25 heavy (non-hydrogen) atoms. The van der Waals surface area contributed by atoms with Crippen LogP contribution in [0.4, 0.5) is 26.3 Å². The third-order valence-corrected chi connectivity index (χ3v) is 1.60. The van der Waals surface area contributed by atoms with Gasteiger partial charge in [0, 0.05) is 8.54 Å². The molecule has 0 rings (SSSR count). The Morgan fingerprint density at radius 2 is 1.00 bits per heavy atom. The summed E-state index contributed by atoms with van der Waals surface area (Å²) in [6.07, 6.45) is -3.41. The van der Waals surface area contributed by atoms with Crippen molar-refractivity contribution >= 4 is 0 Å². The normalized spacial score (nSPS) is 11.0. The van der Waals surface area contributed by atoms with Crippen LogP contribution in [0.1, 0.15) is 56.8 Å². The summed E-state index contributed by atoms with van der Waals surface area (Å²) in [6.45, 7) is 10.5. The van der Waals surface area contributed by atoms with Crippen LogP contribution < -0.4 is 0 Å². The van der Waals surface area contributed by atoms with Crippen molar-refractivity contribution in [1.82, 2.24) is 0 Å². The molecule has 0 saturated heterocycles. The van der Waals surface area contributed by atoms with Gasteiger partial charge in [-0.3, -0.25) is 0 Å². The number of methoxy groups -OCH3 is 1. The Hall–Kier alpha value is -0.540. The lowest BCUT2D eigenvalue weighted by Crippen LogP contribution is -2.19. The first-order valence-electron chi connectivity index (χ1n) is 7.83. The molecule has 0 aromatic heterocycles. The number of alkyl halides is 6. The molecule has 0 atom stereocenters. The highest BCUT2D eigenvalue weighted by Crippen LogP contribution is 2.15. The second-order valence-corrected chi connectivity index (χ2v) is 5.74. The average Bonchev–Trinajstić information content (AvgIpc) is 2.34. The van der Waals surface area contributed by atoms with E-state index in [9.17, 15) is 26.3 Å². The maximum atomic E-state index is 11.3. The monoisotopic (exact) mass is 390 g/mol. The topological polar surface area (TPSA) is 27.7 Å². The number of hydrogen-bond acceptors (Lipinski definition) is 3. The van der Waals surface area contributed by atoms with Crippen molar-refractivity contribution in [1.29, 1.82) is 0 Å². The van der Waals surface area contributed by atoms with Crippen LogP contribution in [0.5, 0.6) is 0 Å². The summed E-state index contributed by atoms with van der Waals surface area (Å²) in [4.78, 5) is 0. The molecule has 0 aromatic carbocycles. The lowest BCUT2D eigenvalue weighted by molar-refractivity contribution is -0.181. The van der Waals surface area contributed by atoms with Gasteiger partial charge >= 0.3 is 12.9 Å². The molecule has 0 radical (unpaired) electrons. The van der Waals surface area contributed by atoms with E-state index in [1.54, 1.807) is 21.0 Å². The predicted octanol–water partition coefficient (Wildman–Crippen LogP) is 6.26. The summed E-state index contributed by atoms with van der Waals surface area (Å²) in [5, 5.41) is 0. The van der Waals surface area contributed by atoms with Crippen molar-refractivity contribution in [3.63, 3.8) is 0 Å². The van der Waals surface area contributed by atoms with E-state index in [-0.39, 0.29) is 7.53 Å². The molecule has 9 heteroatoms. The first-order valence-corrected chi connectivity index (χ1v) is 7.83. The Labute approximate surface area is 149 Å². The summed E-state index contributed by atoms with van der Waals surface area (Å²) in [7, 11) is 1.70. The van der Waals surface area contributed by atoms with Crippen LogP contribution in [0.25, 0.3) is 0 Å². The van der Waals surface area contributed by atoms with Gasteiger partial charge in [0.05, 0.1) is 24.4 Å². The molecule has 0 bridgehead atoms. The summed E-state index contributed by atoms with van der Waals surface area (Å²) in [5.41, 5.74) is 0. The van der Waals surface area contributed by atoms with E-state index in [1.165, 1.54) is 0 Å². The molecular formula is C16H36F6O3. The molecule has 0 aliphatic carbocycles. The molecule has 0 aliphatic rings. The van der Waals surface area contributed by atoms with E-state index in [1.807, 2.05) is 41.5 Å². The lowest BCUT2D eigenvalue weighted by Gasteiger charge is -2.09. The Kier molecular flexibility index (Phi) is 25.4. The number of rotatable bonds is 5. The van der Waals surface area contributed by atoms with E-state index in [0.29, 0.717) is 18.3 Å². The number of hydrogen-bond donors (Lipinski definition) is 0. The maximum Gasteiger partial charge on any atom is 0.411 e. The molecule has 0 amide bonds. The molecule has 0 saturated carbocycles. The van der Waals surface area contributed by atoms with Gasteiger partial charge in [-0.2, -0.15) is 26.3 Å². The molecule has 0 aliphatic heterocycles. The van der Waals surface area contributed by atoms with Gasteiger partial charge in [-0.25, -0.2) is 0 Å². The van der Waals surface area contributed by atoms with E-state index in [2.05, 4.69) is 4.74 Å². The Bertz CT molecular complexity index is 242. The van der Waals surface area contributed by atoms with E-state index in [4.69, 9.17) is 9.47 Å². The molecule has 0 aromatic rings. The Morgan fingerprint density at radius 3 is 1.04 bits per heavy atom. The predicted molar refractivity (Wildman–Crippen MR) is 89.9 cm³/mol. The SMILES string of the molecule is CC(C)OC(C)C.CC(C)OCC(F)(F)F.COC(C)C.FC(F)F.[HH]. The van der Waals surface area contributed by atoms with Crippen molar-refractivity contribution < 1.29 is 42.0 Å². The molecule has 0 heterocycles. The fourth-order valence-corrected chi connectivity index (χ4v) is 0.805. The van der Waals surface area contributed by atoms with Crippen molar-refractivity contribution in [3.05, 3.63) is 0 Å². The Morgan fingerprint density at radius 1 is 0.720 bits per heavy atom. The molecular weight excluding hydrogens is 354 g/mol. The zero-order valence-electron chi connectivity index (χ0n) is 16.6. The molecule has 0 N–H and O–H groups in total. The zero-order valence-corrected chi connectivity index (χ0v) is 16.6. The smallest absolute Gasteiger partial charge is 0.382 e. The number of ether oxygens (including phenoxy) is 3. The van der Waals surface area contributed by atoms with Crippen molar-refractivity contribution in [3.8, 4) is 0 Å². The first kappa shape index (κ1) is 32.2. The average molecular weight is 390 g/mol. The summed E-state index contributed by atoms with van der Waals surface area (Å²) < 4.78 is 77.2. The molecule has 0 spiro atoms. The van der Waals surface area contributed by atoms with Crippen LogP contribution in [0.3, 0.4) is 0 Å². The van der Waals surface area contributed by atoms with E-state index in [0.717, 1.165) is 0 Å². The second kappa shape index (κ2) is 19.8. The fourth-order valence-electron chi connectivity index (χ4n) is 0.805. The van der Waals surface area contributed by atoms with Crippen LogP contribution >= 0.6 is 0 Å². The summed E-state index contributed by atoms with van der Waals surface area (Å²) in [5.74, 6) is 0. The van der Waals surface area contributed by atoms with Crippen LogP contribution in [-0.4, -0.2) is 51.0 Å². The lowest BCUT2D eigenvalue weighted by atomic mass is 10.4. The third kappa shape index (κ3) is 82.3. The minimum absolute atomic E-state index is 0. The largest absolute Gasteiger partial charge is 0.411 e. The molecule has 160 valence electrons. The van der Waals surface area contributed by atoms with Gasteiger partial charge in [-0.15, -0.1) is 0 Å². The van der Waals surface area contributed by atoms with Crippen molar-refractivity contribution in [2.24, 2.45) is 0 Å². The van der Waals surface area contributed by atoms with Gasteiger partial charge in [0.2, 0.25) is 0 Å². The maximum absolute atomic E-state index is 11.3. The van der Waals surface area contributed by atoms with Gasteiger partial charge in [0.15, 0.2) is 0 Å². The van der Waals surface area contributed by atoms with Crippen LogP contribution in [0.15, 0.2) is 0 Å².